The minimum atomic E-state index is -0.676. The van der Waals surface area contributed by atoms with Gasteiger partial charge in [0, 0.05) is 5.25 Å². The van der Waals surface area contributed by atoms with Crippen molar-refractivity contribution in [2.75, 3.05) is 13.2 Å². The number of nitrogens with zero attached hydrogens (tertiary/aromatic N) is 1. The normalized spacial score (nSPS) is 15.6. The van der Waals surface area contributed by atoms with E-state index >= 15 is 0 Å². The van der Waals surface area contributed by atoms with Crippen molar-refractivity contribution in [3.05, 3.63) is 12.5 Å². The van der Waals surface area contributed by atoms with Gasteiger partial charge in [0.25, 0.3) is 5.22 Å². The van der Waals surface area contributed by atoms with E-state index in [0.717, 1.165) is 13.0 Å². The van der Waals surface area contributed by atoms with Crippen LogP contribution < -0.4 is 5.32 Å². The van der Waals surface area contributed by atoms with E-state index < -0.39 is 5.54 Å². The molecule has 0 saturated heterocycles. The first-order valence-electron chi connectivity index (χ1n) is 7.00. The molecule has 0 aliphatic rings. The smallest absolute Gasteiger partial charge is 0.326 e. The lowest BCUT2D eigenvalue weighted by Gasteiger charge is -2.30. The molecule has 0 aliphatic heterocycles. The number of nitrogens with one attached hydrogen (secondary N) is 1. The number of esters is 1. The second kappa shape index (κ2) is 8.32. The molecule has 2 unspecified atom stereocenters. The highest BCUT2D eigenvalue weighted by molar-refractivity contribution is 7.99. The van der Waals surface area contributed by atoms with Gasteiger partial charge in [0.15, 0.2) is 0 Å². The predicted octanol–water partition coefficient (Wildman–Crippen LogP) is 2.87. The lowest BCUT2D eigenvalue weighted by atomic mass is 9.96. The first kappa shape index (κ1) is 17.0. The molecule has 1 aromatic heterocycles. The zero-order chi connectivity index (χ0) is 15.0. The first-order valence-corrected chi connectivity index (χ1v) is 7.88. The molecule has 0 aromatic carbocycles. The van der Waals surface area contributed by atoms with Crippen LogP contribution >= 0.6 is 11.8 Å². The lowest BCUT2D eigenvalue weighted by Crippen LogP contribution is -2.52. The molecule has 6 heteroatoms. The van der Waals surface area contributed by atoms with Gasteiger partial charge in [-0.05, 0) is 33.2 Å². The van der Waals surface area contributed by atoms with E-state index in [1.807, 2.05) is 13.8 Å². The summed E-state index contributed by atoms with van der Waals surface area (Å²) in [5.74, 6) is -0.201. The summed E-state index contributed by atoms with van der Waals surface area (Å²) in [7, 11) is 0. The predicted molar refractivity (Wildman–Crippen MR) is 79.8 cm³/mol. The Balaban J connectivity index is 2.64. The Labute approximate surface area is 124 Å². The van der Waals surface area contributed by atoms with Crippen LogP contribution in [0, 0.1) is 0 Å². The molecule has 1 heterocycles. The molecule has 1 rings (SSSR count). The zero-order valence-electron chi connectivity index (χ0n) is 12.6. The molecule has 0 amide bonds. The molecule has 0 spiro atoms. The summed E-state index contributed by atoms with van der Waals surface area (Å²) >= 11 is 1.52. The second-order valence-corrected chi connectivity index (χ2v) is 6.30. The second-order valence-electron chi connectivity index (χ2n) is 4.91. The molecule has 0 bridgehead atoms. The molecule has 0 radical (unpaired) electrons. The van der Waals surface area contributed by atoms with E-state index in [0.29, 0.717) is 18.3 Å². The first-order chi connectivity index (χ1) is 9.51. The van der Waals surface area contributed by atoms with Crippen molar-refractivity contribution in [3.63, 3.8) is 0 Å². The van der Waals surface area contributed by atoms with Crippen molar-refractivity contribution < 1.29 is 13.9 Å². The minimum Gasteiger partial charge on any atom is -0.465 e. The maximum absolute atomic E-state index is 12.2. The summed E-state index contributed by atoms with van der Waals surface area (Å²) in [6, 6.07) is 0. The number of carbonyl (C=O) groups excluding carboxylic acids is 1. The molecule has 2 atom stereocenters. The number of aromatic nitrogens is 1. The summed E-state index contributed by atoms with van der Waals surface area (Å²) in [6.45, 7) is 9.02. The number of thioether (sulfide) groups is 1. The van der Waals surface area contributed by atoms with Crippen molar-refractivity contribution in [3.8, 4) is 0 Å². The number of hydrogen-bond acceptors (Lipinski definition) is 6. The molecule has 1 aromatic rings. The number of oxazole rings is 1. The summed E-state index contributed by atoms with van der Waals surface area (Å²) < 4.78 is 10.4. The molecule has 20 heavy (non-hydrogen) atoms. The Hall–Kier alpha value is -1.01. The maximum atomic E-state index is 12.2. The van der Waals surface area contributed by atoms with Crippen LogP contribution in [-0.4, -0.2) is 34.9 Å². The maximum Gasteiger partial charge on any atom is 0.326 e. The van der Waals surface area contributed by atoms with Crippen molar-refractivity contribution in [1.29, 1.82) is 0 Å². The molecule has 1 N–H and O–H groups in total. The van der Waals surface area contributed by atoms with Gasteiger partial charge in [0.05, 0.1) is 12.8 Å². The Kier molecular flexibility index (Phi) is 7.09. The quantitative estimate of drug-likeness (QED) is 0.559. The van der Waals surface area contributed by atoms with Gasteiger partial charge < -0.3 is 14.5 Å². The van der Waals surface area contributed by atoms with E-state index in [4.69, 9.17) is 9.15 Å². The molecule has 0 aliphatic carbocycles. The van der Waals surface area contributed by atoms with E-state index in [2.05, 4.69) is 24.1 Å². The third kappa shape index (κ3) is 5.17. The van der Waals surface area contributed by atoms with Crippen LogP contribution in [0.25, 0.3) is 0 Å². The fourth-order valence-electron chi connectivity index (χ4n) is 1.98. The number of rotatable bonds is 9. The van der Waals surface area contributed by atoms with E-state index in [-0.39, 0.29) is 11.2 Å². The number of carbonyl (C=O) groups is 1. The fraction of sp³-hybridized carbons (Fsp3) is 0.714. The van der Waals surface area contributed by atoms with Gasteiger partial charge in [0.2, 0.25) is 0 Å². The summed E-state index contributed by atoms with van der Waals surface area (Å²) in [6.07, 6.45) is 4.79. The Morgan fingerprint density at radius 2 is 2.35 bits per heavy atom. The molecule has 0 saturated carbocycles. The van der Waals surface area contributed by atoms with Gasteiger partial charge in [-0.2, -0.15) is 0 Å². The Morgan fingerprint density at radius 3 is 2.90 bits per heavy atom. The highest BCUT2D eigenvalue weighted by Gasteiger charge is 2.36. The SMILES string of the molecule is CCCNC(C)(CC(C)Sc1ncco1)C(=O)OCC. The Bertz CT molecular complexity index is 397. The van der Waals surface area contributed by atoms with Gasteiger partial charge >= 0.3 is 5.97 Å². The summed E-state index contributed by atoms with van der Waals surface area (Å²) in [4.78, 5) is 16.3. The fourth-order valence-corrected chi connectivity index (χ4v) is 2.97. The van der Waals surface area contributed by atoms with Crippen molar-refractivity contribution in [1.82, 2.24) is 10.3 Å². The van der Waals surface area contributed by atoms with Gasteiger partial charge in [-0.1, -0.05) is 25.6 Å². The molecular weight excluding hydrogens is 276 g/mol. The van der Waals surface area contributed by atoms with Gasteiger partial charge in [-0.25, -0.2) is 4.98 Å². The topological polar surface area (TPSA) is 64.4 Å². The number of ether oxygens (including phenoxy) is 1. The highest BCUT2D eigenvalue weighted by Crippen LogP contribution is 2.28. The molecule has 0 fully saturated rings. The van der Waals surface area contributed by atoms with Crippen LogP contribution in [-0.2, 0) is 9.53 Å². The van der Waals surface area contributed by atoms with Crippen LogP contribution in [0.1, 0.15) is 40.5 Å². The van der Waals surface area contributed by atoms with Crippen molar-refractivity contribution in [2.24, 2.45) is 0 Å². The highest BCUT2D eigenvalue weighted by atomic mass is 32.2. The molecular formula is C14H24N2O3S. The largest absolute Gasteiger partial charge is 0.465 e. The third-order valence-corrected chi connectivity index (χ3v) is 3.87. The molecule has 5 nitrogen and oxygen atoms in total. The van der Waals surface area contributed by atoms with E-state index in [9.17, 15) is 4.79 Å². The zero-order valence-corrected chi connectivity index (χ0v) is 13.5. The van der Waals surface area contributed by atoms with Crippen LogP contribution in [0.2, 0.25) is 0 Å². The lowest BCUT2D eigenvalue weighted by molar-refractivity contribution is -0.150. The van der Waals surface area contributed by atoms with Gasteiger partial charge in [-0.15, -0.1) is 0 Å². The van der Waals surface area contributed by atoms with Crippen LogP contribution in [0.5, 0.6) is 0 Å². The van der Waals surface area contributed by atoms with E-state index in [1.54, 1.807) is 12.5 Å². The summed E-state index contributed by atoms with van der Waals surface area (Å²) in [5.41, 5.74) is -0.676. The van der Waals surface area contributed by atoms with Crippen molar-refractivity contribution >= 4 is 17.7 Å². The van der Waals surface area contributed by atoms with Crippen LogP contribution in [0.3, 0.4) is 0 Å². The minimum absolute atomic E-state index is 0.187. The van der Waals surface area contributed by atoms with Gasteiger partial charge in [-0.3, -0.25) is 4.79 Å². The van der Waals surface area contributed by atoms with Crippen LogP contribution in [0.15, 0.2) is 22.1 Å². The third-order valence-electron chi connectivity index (χ3n) is 2.90. The van der Waals surface area contributed by atoms with Gasteiger partial charge in [0.1, 0.15) is 11.8 Å². The van der Waals surface area contributed by atoms with Crippen LogP contribution in [0.4, 0.5) is 0 Å². The monoisotopic (exact) mass is 300 g/mol. The number of hydrogen-bond donors (Lipinski definition) is 1. The standard InChI is InChI=1S/C14H24N2O3S/c1-5-7-16-14(4,12(17)18-6-2)10-11(3)20-13-15-8-9-19-13/h8-9,11,16H,5-7,10H2,1-4H3. The van der Waals surface area contributed by atoms with Crippen molar-refractivity contribution in [2.45, 2.75) is 56.5 Å². The summed E-state index contributed by atoms with van der Waals surface area (Å²) in [5, 5.41) is 4.11. The average molecular weight is 300 g/mol. The Morgan fingerprint density at radius 1 is 1.60 bits per heavy atom. The van der Waals surface area contributed by atoms with E-state index in [1.165, 1.54) is 11.8 Å². The molecule has 114 valence electrons. The average Bonchev–Trinajstić information content (AvgIpc) is 2.89.